The largest absolute Gasteiger partial charge is 0.345 e. The molecule has 2 N–H and O–H groups in total. The number of aromatic nitrogens is 1. The van der Waals surface area contributed by atoms with Crippen molar-refractivity contribution in [1.82, 2.24) is 4.57 Å². The highest BCUT2D eigenvalue weighted by Gasteiger charge is 2.07. The standard InChI is InChI=1S/C14H20N2/c1-3-16-11(2)10-13-12(7-5-9-15)6-4-8-14(13)16/h4,6,8,10H,3,5,7,9,15H2,1-2H3. The van der Waals surface area contributed by atoms with Gasteiger partial charge in [-0.15, -0.1) is 0 Å². The van der Waals surface area contributed by atoms with Crippen molar-refractivity contribution in [3.05, 3.63) is 35.5 Å². The zero-order valence-electron chi connectivity index (χ0n) is 10.2. The Morgan fingerprint density at radius 2 is 2.12 bits per heavy atom. The summed E-state index contributed by atoms with van der Waals surface area (Å²) in [6.07, 6.45) is 2.15. The van der Waals surface area contributed by atoms with Gasteiger partial charge in [0.25, 0.3) is 0 Å². The van der Waals surface area contributed by atoms with Gasteiger partial charge in [0.15, 0.2) is 0 Å². The van der Waals surface area contributed by atoms with Gasteiger partial charge in [-0.2, -0.15) is 0 Å². The van der Waals surface area contributed by atoms with Crippen LogP contribution < -0.4 is 5.73 Å². The number of nitrogens with two attached hydrogens (primary N) is 1. The van der Waals surface area contributed by atoms with Gasteiger partial charge in [-0.25, -0.2) is 0 Å². The van der Waals surface area contributed by atoms with Crippen LogP contribution in [0.25, 0.3) is 10.9 Å². The van der Waals surface area contributed by atoms with E-state index in [2.05, 4.69) is 42.7 Å². The first-order chi connectivity index (χ1) is 7.77. The maximum absolute atomic E-state index is 5.58. The van der Waals surface area contributed by atoms with Gasteiger partial charge in [0.1, 0.15) is 0 Å². The van der Waals surface area contributed by atoms with Crippen LogP contribution in [-0.2, 0) is 13.0 Å². The van der Waals surface area contributed by atoms with Crippen LogP contribution in [0.2, 0.25) is 0 Å². The fourth-order valence-corrected chi connectivity index (χ4v) is 2.41. The molecule has 0 unspecified atom stereocenters. The van der Waals surface area contributed by atoms with Gasteiger partial charge in [-0.3, -0.25) is 0 Å². The number of aryl methyl sites for hydroxylation is 3. The smallest absolute Gasteiger partial charge is 0.0485 e. The van der Waals surface area contributed by atoms with E-state index in [1.54, 1.807) is 0 Å². The predicted molar refractivity (Wildman–Crippen MR) is 69.7 cm³/mol. The minimum atomic E-state index is 0.768. The van der Waals surface area contributed by atoms with Gasteiger partial charge in [0.05, 0.1) is 0 Å². The lowest BCUT2D eigenvalue weighted by atomic mass is 10.1. The normalized spacial score (nSPS) is 11.2. The zero-order chi connectivity index (χ0) is 11.5. The average molecular weight is 216 g/mol. The Morgan fingerprint density at radius 3 is 2.81 bits per heavy atom. The molecule has 16 heavy (non-hydrogen) atoms. The van der Waals surface area contributed by atoms with Gasteiger partial charge in [0, 0.05) is 23.1 Å². The summed E-state index contributed by atoms with van der Waals surface area (Å²) in [5, 5.41) is 1.40. The van der Waals surface area contributed by atoms with E-state index in [9.17, 15) is 0 Å². The molecule has 0 fully saturated rings. The van der Waals surface area contributed by atoms with E-state index in [4.69, 9.17) is 5.73 Å². The summed E-state index contributed by atoms with van der Waals surface area (Å²) in [7, 11) is 0. The van der Waals surface area contributed by atoms with Gasteiger partial charge in [-0.1, -0.05) is 12.1 Å². The molecule has 0 amide bonds. The number of rotatable bonds is 4. The monoisotopic (exact) mass is 216 g/mol. The van der Waals surface area contributed by atoms with Crippen LogP contribution in [0.1, 0.15) is 24.6 Å². The average Bonchev–Trinajstić information content (AvgIpc) is 2.62. The maximum Gasteiger partial charge on any atom is 0.0485 e. The van der Waals surface area contributed by atoms with Gasteiger partial charge < -0.3 is 10.3 Å². The highest BCUT2D eigenvalue weighted by atomic mass is 15.0. The van der Waals surface area contributed by atoms with E-state index in [1.807, 2.05) is 0 Å². The van der Waals surface area contributed by atoms with E-state index in [0.29, 0.717) is 0 Å². The van der Waals surface area contributed by atoms with E-state index in [1.165, 1.54) is 22.2 Å². The van der Waals surface area contributed by atoms with Crippen LogP contribution in [0.5, 0.6) is 0 Å². The molecule has 0 saturated heterocycles. The lowest BCUT2D eigenvalue weighted by Gasteiger charge is -2.05. The fourth-order valence-electron chi connectivity index (χ4n) is 2.41. The Hall–Kier alpha value is -1.28. The fraction of sp³-hybridized carbons (Fsp3) is 0.429. The molecule has 2 heteroatoms. The molecule has 2 rings (SSSR count). The van der Waals surface area contributed by atoms with Crippen LogP contribution in [-0.4, -0.2) is 11.1 Å². The molecule has 0 saturated carbocycles. The molecule has 0 atom stereocenters. The van der Waals surface area contributed by atoms with Crippen LogP contribution >= 0.6 is 0 Å². The maximum atomic E-state index is 5.58. The lowest BCUT2D eigenvalue weighted by molar-refractivity contribution is 0.769. The lowest BCUT2D eigenvalue weighted by Crippen LogP contribution is -2.00. The molecule has 0 aliphatic carbocycles. The van der Waals surface area contributed by atoms with Crippen molar-refractivity contribution in [2.24, 2.45) is 5.73 Å². The number of fused-ring (bicyclic) bond motifs is 1. The van der Waals surface area contributed by atoms with Crippen molar-refractivity contribution in [2.75, 3.05) is 6.54 Å². The van der Waals surface area contributed by atoms with E-state index >= 15 is 0 Å². The summed E-state index contributed by atoms with van der Waals surface area (Å²) in [6, 6.07) is 8.87. The van der Waals surface area contributed by atoms with E-state index in [0.717, 1.165) is 25.9 Å². The molecule has 1 aromatic heterocycles. The highest BCUT2D eigenvalue weighted by Crippen LogP contribution is 2.24. The van der Waals surface area contributed by atoms with Crippen LogP contribution in [0.3, 0.4) is 0 Å². The molecule has 86 valence electrons. The molecule has 0 bridgehead atoms. The molecule has 0 aliphatic heterocycles. The van der Waals surface area contributed by atoms with Gasteiger partial charge in [0.2, 0.25) is 0 Å². The zero-order valence-corrected chi connectivity index (χ0v) is 10.2. The third-order valence-corrected chi connectivity index (χ3v) is 3.21. The van der Waals surface area contributed by atoms with Crippen molar-refractivity contribution in [3.8, 4) is 0 Å². The quantitative estimate of drug-likeness (QED) is 0.837. The Kier molecular flexibility index (Phi) is 3.30. The van der Waals surface area contributed by atoms with Crippen molar-refractivity contribution in [3.63, 3.8) is 0 Å². The van der Waals surface area contributed by atoms with Crippen molar-refractivity contribution in [1.29, 1.82) is 0 Å². The molecule has 0 aliphatic rings. The van der Waals surface area contributed by atoms with Crippen molar-refractivity contribution in [2.45, 2.75) is 33.2 Å². The minimum absolute atomic E-state index is 0.768. The molecule has 0 radical (unpaired) electrons. The van der Waals surface area contributed by atoms with Crippen molar-refractivity contribution >= 4 is 10.9 Å². The second-order valence-electron chi connectivity index (χ2n) is 4.27. The SMILES string of the molecule is CCn1c(C)cc2c(CCCN)cccc21. The predicted octanol–water partition coefficient (Wildman–Crippen LogP) is 2.86. The summed E-state index contributed by atoms with van der Waals surface area (Å²) in [4.78, 5) is 0. The van der Waals surface area contributed by atoms with Gasteiger partial charge in [-0.05, 0) is 50.9 Å². The van der Waals surface area contributed by atoms with Crippen LogP contribution in [0.4, 0.5) is 0 Å². The summed E-state index contributed by atoms with van der Waals surface area (Å²) >= 11 is 0. The molecule has 2 aromatic rings. The summed E-state index contributed by atoms with van der Waals surface area (Å²) < 4.78 is 2.36. The first-order valence-electron chi connectivity index (χ1n) is 6.05. The number of benzene rings is 1. The van der Waals surface area contributed by atoms with E-state index < -0.39 is 0 Å². The van der Waals surface area contributed by atoms with Gasteiger partial charge >= 0.3 is 0 Å². The first-order valence-corrected chi connectivity index (χ1v) is 6.05. The molecule has 1 aromatic carbocycles. The number of nitrogens with zero attached hydrogens (tertiary/aromatic N) is 1. The molecular weight excluding hydrogens is 196 g/mol. The first kappa shape index (κ1) is 11.2. The second-order valence-corrected chi connectivity index (χ2v) is 4.27. The minimum Gasteiger partial charge on any atom is -0.345 e. The molecule has 0 spiro atoms. The highest BCUT2D eigenvalue weighted by molar-refractivity contribution is 5.84. The Balaban J connectivity index is 2.51. The third kappa shape index (κ3) is 1.85. The third-order valence-electron chi connectivity index (χ3n) is 3.21. The van der Waals surface area contributed by atoms with Crippen molar-refractivity contribution < 1.29 is 0 Å². The van der Waals surface area contributed by atoms with E-state index in [-0.39, 0.29) is 0 Å². The summed E-state index contributed by atoms with van der Waals surface area (Å²) in [5.41, 5.74) is 9.71. The second kappa shape index (κ2) is 4.71. The molecule has 1 heterocycles. The Morgan fingerprint density at radius 1 is 1.31 bits per heavy atom. The number of hydrogen-bond donors (Lipinski definition) is 1. The van der Waals surface area contributed by atoms with Crippen LogP contribution in [0, 0.1) is 6.92 Å². The summed E-state index contributed by atoms with van der Waals surface area (Å²) in [6.45, 7) is 6.18. The molecular formula is C14H20N2. The number of hydrogen-bond acceptors (Lipinski definition) is 1. The van der Waals surface area contributed by atoms with Crippen LogP contribution in [0.15, 0.2) is 24.3 Å². The Bertz CT molecular complexity index is 483. The Labute approximate surface area is 97.1 Å². The summed E-state index contributed by atoms with van der Waals surface area (Å²) in [5.74, 6) is 0. The topological polar surface area (TPSA) is 30.9 Å². The molecule has 2 nitrogen and oxygen atoms in total.